The third-order valence-electron chi connectivity index (χ3n) is 5.63. The van der Waals surface area contributed by atoms with Crippen molar-refractivity contribution in [1.82, 2.24) is 10.3 Å². The maximum absolute atomic E-state index is 4.78. The molecule has 1 atom stereocenters. The number of hydrogen-bond donors (Lipinski definition) is 1. The van der Waals surface area contributed by atoms with Crippen molar-refractivity contribution < 1.29 is 0 Å². The van der Waals surface area contributed by atoms with Gasteiger partial charge in [0.25, 0.3) is 0 Å². The Balaban J connectivity index is 1.43. The Morgan fingerprint density at radius 2 is 1.90 bits per heavy atom. The van der Waals surface area contributed by atoms with E-state index in [0.29, 0.717) is 9.46 Å². The molecule has 0 amide bonds. The van der Waals surface area contributed by atoms with E-state index in [1.54, 1.807) is 0 Å². The van der Waals surface area contributed by atoms with Crippen molar-refractivity contribution in [2.45, 2.75) is 61.5 Å². The molecule has 4 fully saturated rings. The predicted molar refractivity (Wildman–Crippen MR) is 92.3 cm³/mol. The number of alkyl halides is 1. The quantitative estimate of drug-likeness (QED) is 0.584. The van der Waals surface area contributed by atoms with E-state index < -0.39 is 0 Å². The molecule has 4 heteroatoms. The fourth-order valence-corrected chi connectivity index (χ4v) is 6.57. The summed E-state index contributed by atoms with van der Waals surface area (Å²) >= 11 is 4.28. The first kappa shape index (κ1) is 13.9. The summed E-state index contributed by atoms with van der Waals surface area (Å²) in [6.45, 7) is 3.20. The summed E-state index contributed by atoms with van der Waals surface area (Å²) in [4.78, 5) is 4.78. The molecule has 1 unspecified atom stereocenters. The molecule has 1 aromatic heterocycles. The van der Waals surface area contributed by atoms with Crippen LogP contribution in [0.3, 0.4) is 0 Å². The molecule has 4 aliphatic carbocycles. The van der Waals surface area contributed by atoms with E-state index in [4.69, 9.17) is 4.98 Å². The van der Waals surface area contributed by atoms with Crippen LogP contribution in [0.4, 0.5) is 0 Å². The second-order valence-electron chi connectivity index (χ2n) is 7.33. The highest BCUT2D eigenvalue weighted by atomic mass is 127. The average molecular weight is 402 g/mol. The maximum Gasteiger partial charge on any atom is 0.107 e. The van der Waals surface area contributed by atoms with E-state index in [0.717, 1.165) is 24.3 Å². The number of halogens is 1. The van der Waals surface area contributed by atoms with Gasteiger partial charge < -0.3 is 5.32 Å². The molecule has 2 nitrogen and oxygen atoms in total. The highest BCUT2D eigenvalue weighted by Gasteiger charge is 2.50. The van der Waals surface area contributed by atoms with Crippen LogP contribution in [-0.2, 0) is 6.54 Å². The molecule has 4 aliphatic rings. The zero-order chi connectivity index (χ0) is 13.7. The lowest BCUT2D eigenvalue weighted by Gasteiger charge is -2.57. The van der Waals surface area contributed by atoms with Crippen molar-refractivity contribution in [3.05, 3.63) is 16.1 Å². The van der Waals surface area contributed by atoms with Gasteiger partial charge in [-0.3, -0.25) is 0 Å². The molecular weight excluding hydrogens is 379 g/mol. The predicted octanol–water partition coefficient (Wildman–Crippen LogP) is 4.70. The van der Waals surface area contributed by atoms with Crippen LogP contribution in [-0.4, -0.2) is 10.5 Å². The number of nitrogens with zero attached hydrogens (tertiary/aromatic N) is 1. The Kier molecular flexibility index (Phi) is 3.62. The molecule has 1 N–H and O–H groups in total. The lowest BCUT2D eigenvalue weighted by atomic mass is 9.53. The number of hydrogen-bond acceptors (Lipinski definition) is 3. The first-order chi connectivity index (χ1) is 9.62. The molecule has 5 rings (SSSR count). The minimum atomic E-state index is 0.469. The van der Waals surface area contributed by atoms with Crippen molar-refractivity contribution in [2.24, 2.45) is 17.8 Å². The minimum absolute atomic E-state index is 0.469. The summed E-state index contributed by atoms with van der Waals surface area (Å²) in [5.41, 5.74) is 1.72. The van der Waals surface area contributed by atoms with E-state index >= 15 is 0 Å². The molecule has 0 saturated heterocycles. The maximum atomic E-state index is 4.78. The second kappa shape index (κ2) is 5.20. The summed E-state index contributed by atoms with van der Waals surface area (Å²) in [5, 5.41) is 7.45. The number of rotatable bonds is 4. The van der Waals surface area contributed by atoms with Gasteiger partial charge in [0.05, 0.1) is 9.62 Å². The van der Waals surface area contributed by atoms with Gasteiger partial charge in [0.1, 0.15) is 5.01 Å². The first-order valence-electron chi connectivity index (χ1n) is 7.95. The molecule has 110 valence electrons. The van der Waals surface area contributed by atoms with Crippen molar-refractivity contribution >= 4 is 33.9 Å². The van der Waals surface area contributed by atoms with Crippen LogP contribution in [0, 0.1) is 17.8 Å². The number of thiazole rings is 1. The minimum Gasteiger partial charge on any atom is -0.305 e. The van der Waals surface area contributed by atoms with Gasteiger partial charge in [-0.25, -0.2) is 4.98 Å². The highest BCUT2D eigenvalue weighted by Crippen LogP contribution is 2.55. The van der Waals surface area contributed by atoms with Gasteiger partial charge in [0.2, 0.25) is 0 Å². The molecule has 0 radical (unpaired) electrons. The highest BCUT2D eigenvalue weighted by molar-refractivity contribution is 14.1. The van der Waals surface area contributed by atoms with Crippen LogP contribution in [0.5, 0.6) is 0 Å². The monoisotopic (exact) mass is 402 g/mol. The first-order valence-corrected chi connectivity index (χ1v) is 10.1. The molecule has 4 bridgehead atoms. The summed E-state index contributed by atoms with van der Waals surface area (Å²) in [6, 6.07) is 0. The largest absolute Gasteiger partial charge is 0.305 e. The van der Waals surface area contributed by atoms with Gasteiger partial charge in [0.15, 0.2) is 0 Å². The van der Waals surface area contributed by atoms with Gasteiger partial charge in [-0.05, 0) is 63.2 Å². The van der Waals surface area contributed by atoms with Crippen LogP contribution in [0.2, 0.25) is 0 Å². The van der Waals surface area contributed by atoms with Crippen LogP contribution in [0.15, 0.2) is 5.38 Å². The molecule has 1 aromatic rings. The van der Waals surface area contributed by atoms with Crippen molar-refractivity contribution in [3.8, 4) is 0 Å². The molecule has 0 aromatic carbocycles. The van der Waals surface area contributed by atoms with Gasteiger partial charge in [0, 0.05) is 17.5 Å². The van der Waals surface area contributed by atoms with E-state index in [-0.39, 0.29) is 0 Å². The van der Waals surface area contributed by atoms with Gasteiger partial charge in [-0.15, -0.1) is 11.3 Å². The van der Waals surface area contributed by atoms with Crippen LogP contribution in [0.1, 0.15) is 60.1 Å². The van der Waals surface area contributed by atoms with Crippen LogP contribution >= 0.6 is 33.9 Å². The van der Waals surface area contributed by atoms with Gasteiger partial charge >= 0.3 is 0 Å². The summed E-state index contributed by atoms with van der Waals surface area (Å²) in [6.07, 6.45) is 8.86. The van der Waals surface area contributed by atoms with Crippen LogP contribution < -0.4 is 5.32 Å². The molecule has 0 aliphatic heterocycles. The third kappa shape index (κ3) is 2.56. The fraction of sp³-hybridized carbons (Fsp3) is 0.812. The molecule has 20 heavy (non-hydrogen) atoms. The van der Waals surface area contributed by atoms with Crippen LogP contribution in [0.25, 0.3) is 0 Å². The second-order valence-corrected chi connectivity index (χ2v) is 10.1. The summed E-state index contributed by atoms with van der Waals surface area (Å²) < 4.78 is 0.525. The molecular formula is C16H23IN2S. The Labute approximate surface area is 139 Å². The van der Waals surface area contributed by atoms with E-state index in [9.17, 15) is 0 Å². The Bertz CT molecular complexity index is 461. The van der Waals surface area contributed by atoms with E-state index in [1.807, 2.05) is 11.3 Å². The summed E-state index contributed by atoms with van der Waals surface area (Å²) in [5.74, 6) is 3.07. The normalized spacial score (nSPS) is 40.2. The van der Waals surface area contributed by atoms with Gasteiger partial charge in [-0.2, -0.15) is 0 Å². The SMILES string of the molecule is CC(I)c1csc(CNC23CC4CC(CC(C4)C2)C3)n1. The number of nitrogens with one attached hydrogen (secondary N) is 1. The van der Waals surface area contributed by atoms with Crippen molar-refractivity contribution in [1.29, 1.82) is 0 Å². The Morgan fingerprint density at radius 1 is 1.30 bits per heavy atom. The zero-order valence-corrected chi connectivity index (χ0v) is 15.0. The summed E-state index contributed by atoms with van der Waals surface area (Å²) in [7, 11) is 0. The Hall–Kier alpha value is 0.320. The van der Waals surface area contributed by atoms with Gasteiger partial charge in [-0.1, -0.05) is 22.6 Å². The molecule has 4 saturated carbocycles. The Morgan fingerprint density at radius 3 is 2.40 bits per heavy atom. The zero-order valence-electron chi connectivity index (χ0n) is 12.1. The number of aromatic nitrogens is 1. The average Bonchev–Trinajstić information content (AvgIpc) is 2.84. The van der Waals surface area contributed by atoms with E-state index in [2.05, 4.69) is 40.2 Å². The lowest BCUT2D eigenvalue weighted by molar-refractivity contribution is -0.0206. The smallest absolute Gasteiger partial charge is 0.107 e. The lowest BCUT2D eigenvalue weighted by Crippen LogP contribution is -2.58. The third-order valence-corrected chi connectivity index (χ3v) is 7.14. The van der Waals surface area contributed by atoms with Crippen molar-refractivity contribution in [2.75, 3.05) is 0 Å². The molecule has 0 spiro atoms. The van der Waals surface area contributed by atoms with Crippen molar-refractivity contribution in [3.63, 3.8) is 0 Å². The topological polar surface area (TPSA) is 24.9 Å². The fourth-order valence-electron chi connectivity index (χ4n) is 5.18. The van der Waals surface area contributed by atoms with E-state index in [1.165, 1.54) is 49.2 Å². The molecule has 1 heterocycles. The standard InChI is InChI=1S/C16H23IN2S/c1-10(17)14-9-20-15(19-14)8-18-16-5-11-2-12(6-16)4-13(3-11)7-16/h9-13,18H,2-8H2,1H3.